The maximum atomic E-state index is 12.9. The quantitative estimate of drug-likeness (QED) is 0.686. The molecule has 0 radical (unpaired) electrons. The molecule has 8 heteroatoms. The average molecular weight is 419 g/mol. The zero-order valence-corrected chi connectivity index (χ0v) is 16.4. The van der Waals surface area contributed by atoms with Crippen LogP contribution in [0.1, 0.15) is 30.6 Å². The van der Waals surface area contributed by atoms with Crippen LogP contribution < -0.4 is 0 Å². The third-order valence-corrected chi connectivity index (χ3v) is 6.93. The normalized spacial score (nSPS) is 17.5. The van der Waals surface area contributed by atoms with Crippen molar-refractivity contribution in [2.45, 2.75) is 25.2 Å². The van der Waals surface area contributed by atoms with E-state index in [9.17, 15) is 13.2 Å². The largest absolute Gasteiger partial charge is 0.462 e. The second-order valence-electron chi connectivity index (χ2n) is 5.56. The molecule has 0 aromatic heterocycles. The predicted octanol–water partition coefficient (Wildman–Crippen LogP) is 2.34. The van der Waals surface area contributed by atoms with Crippen LogP contribution in [0.5, 0.6) is 0 Å². The summed E-state index contributed by atoms with van der Waals surface area (Å²) in [6, 6.07) is 4.46. The Bertz CT molecular complexity index is 693. The minimum absolute atomic E-state index is 0.181. The molecule has 0 N–H and O–H groups in total. The number of likely N-dealkylation sites (N-methyl/N-ethyl adjacent to an activating group) is 1. The highest BCUT2D eigenvalue weighted by Gasteiger charge is 2.28. The number of ether oxygens (including phenoxy) is 1. The Morgan fingerprint density at radius 1 is 1.21 bits per heavy atom. The van der Waals surface area contributed by atoms with Crippen LogP contribution >= 0.6 is 15.9 Å². The first kappa shape index (κ1) is 19.4. The summed E-state index contributed by atoms with van der Waals surface area (Å²) in [5, 5.41) is 0. The van der Waals surface area contributed by atoms with Gasteiger partial charge in [-0.2, -0.15) is 4.31 Å². The Hall–Kier alpha value is -0.960. The van der Waals surface area contributed by atoms with E-state index in [0.717, 1.165) is 26.1 Å². The lowest BCUT2D eigenvalue weighted by Gasteiger charge is -2.21. The van der Waals surface area contributed by atoms with E-state index in [2.05, 4.69) is 27.8 Å². The lowest BCUT2D eigenvalue weighted by atomic mass is 10.2. The standard InChI is InChI=1S/C16H23BrN2O4S/c1-3-18-8-5-9-19(11-10-18)24(21,22)15-7-6-13(12-14(15)17)16(20)23-4-2/h6-7,12H,3-5,8-11H2,1-2H3. The van der Waals surface area contributed by atoms with E-state index < -0.39 is 16.0 Å². The molecule has 1 fully saturated rings. The van der Waals surface area contributed by atoms with Crippen LogP contribution in [0.2, 0.25) is 0 Å². The van der Waals surface area contributed by atoms with Crippen LogP contribution in [0.4, 0.5) is 0 Å². The van der Waals surface area contributed by atoms with Gasteiger partial charge >= 0.3 is 5.97 Å². The van der Waals surface area contributed by atoms with Gasteiger partial charge < -0.3 is 9.64 Å². The van der Waals surface area contributed by atoms with Gasteiger partial charge in [-0.25, -0.2) is 13.2 Å². The molecule has 0 amide bonds. The van der Waals surface area contributed by atoms with E-state index >= 15 is 0 Å². The number of benzene rings is 1. The molecule has 24 heavy (non-hydrogen) atoms. The summed E-state index contributed by atoms with van der Waals surface area (Å²) in [6.07, 6.45) is 0.811. The summed E-state index contributed by atoms with van der Waals surface area (Å²) in [7, 11) is -3.59. The van der Waals surface area contributed by atoms with Gasteiger partial charge in [0.05, 0.1) is 17.1 Å². The number of esters is 1. The molecular weight excluding hydrogens is 396 g/mol. The lowest BCUT2D eigenvalue weighted by molar-refractivity contribution is 0.0526. The molecule has 1 saturated heterocycles. The van der Waals surface area contributed by atoms with Gasteiger partial charge in [0.1, 0.15) is 0 Å². The molecule has 1 aromatic rings. The van der Waals surface area contributed by atoms with Crippen LogP contribution in [-0.2, 0) is 14.8 Å². The number of halogens is 1. The van der Waals surface area contributed by atoms with Crippen molar-refractivity contribution in [3.63, 3.8) is 0 Å². The number of hydrogen-bond acceptors (Lipinski definition) is 5. The molecular formula is C16H23BrN2O4S. The molecule has 0 bridgehead atoms. The average Bonchev–Trinajstić information content (AvgIpc) is 2.80. The molecule has 134 valence electrons. The molecule has 1 aliphatic heterocycles. The van der Waals surface area contributed by atoms with Gasteiger partial charge in [-0.15, -0.1) is 0 Å². The third kappa shape index (κ3) is 4.36. The fourth-order valence-corrected chi connectivity index (χ4v) is 5.20. The van der Waals surface area contributed by atoms with E-state index in [1.165, 1.54) is 22.5 Å². The van der Waals surface area contributed by atoms with Gasteiger partial charge in [-0.1, -0.05) is 6.92 Å². The Morgan fingerprint density at radius 2 is 1.96 bits per heavy atom. The molecule has 1 aliphatic rings. The smallest absolute Gasteiger partial charge is 0.338 e. The van der Waals surface area contributed by atoms with Crippen molar-refractivity contribution in [1.82, 2.24) is 9.21 Å². The van der Waals surface area contributed by atoms with E-state index in [0.29, 0.717) is 23.1 Å². The summed E-state index contributed by atoms with van der Waals surface area (Å²) >= 11 is 3.29. The Labute approximate surface area is 151 Å². The van der Waals surface area contributed by atoms with Gasteiger partial charge in [0, 0.05) is 24.1 Å². The molecule has 0 saturated carbocycles. The van der Waals surface area contributed by atoms with Crippen LogP contribution in [0.25, 0.3) is 0 Å². The van der Waals surface area contributed by atoms with E-state index in [1.807, 2.05) is 0 Å². The number of hydrogen-bond donors (Lipinski definition) is 0. The van der Waals surface area contributed by atoms with Gasteiger partial charge in [-0.05, 0) is 60.6 Å². The van der Waals surface area contributed by atoms with E-state index in [1.54, 1.807) is 6.92 Å². The van der Waals surface area contributed by atoms with Crippen molar-refractivity contribution >= 4 is 31.9 Å². The molecule has 1 aromatic carbocycles. The molecule has 0 atom stereocenters. The second-order valence-corrected chi connectivity index (χ2v) is 8.32. The van der Waals surface area contributed by atoms with Gasteiger partial charge in [0.25, 0.3) is 0 Å². The van der Waals surface area contributed by atoms with Crippen LogP contribution in [0.3, 0.4) is 0 Å². The predicted molar refractivity (Wildman–Crippen MR) is 95.6 cm³/mol. The minimum Gasteiger partial charge on any atom is -0.462 e. The van der Waals surface area contributed by atoms with Crippen molar-refractivity contribution in [2.75, 3.05) is 39.3 Å². The number of carbonyl (C=O) groups is 1. The molecule has 1 heterocycles. The summed E-state index contributed by atoms with van der Waals surface area (Å²) < 4.78 is 32.7. The maximum absolute atomic E-state index is 12.9. The van der Waals surface area contributed by atoms with Crippen molar-refractivity contribution in [3.05, 3.63) is 28.2 Å². The molecule has 0 spiro atoms. The van der Waals surface area contributed by atoms with Gasteiger partial charge in [0.15, 0.2) is 0 Å². The molecule has 2 rings (SSSR count). The summed E-state index contributed by atoms with van der Waals surface area (Å²) in [5.74, 6) is -0.462. The number of sulfonamides is 1. The SMILES string of the molecule is CCOC(=O)c1ccc(S(=O)(=O)N2CCCN(CC)CC2)c(Br)c1. The highest BCUT2D eigenvalue weighted by Crippen LogP contribution is 2.27. The summed E-state index contributed by atoms with van der Waals surface area (Å²) in [6.45, 7) is 7.62. The lowest BCUT2D eigenvalue weighted by Crippen LogP contribution is -2.35. The first-order valence-corrected chi connectivity index (χ1v) is 10.3. The first-order chi connectivity index (χ1) is 11.4. The maximum Gasteiger partial charge on any atom is 0.338 e. The third-order valence-electron chi connectivity index (χ3n) is 4.06. The van der Waals surface area contributed by atoms with Crippen molar-refractivity contribution in [2.24, 2.45) is 0 Å². The van der Waals surface area contributed by atoms with Crippen molar-refractivity contribution in [1.29, 1.82) is 0 Å². The van der Waals surface area contributed by atoms with Crippen molar-refractivity contribution in [3.8, 4) is 0 Å². The minimum atomic E-state index is -3.59. The highest BCUT2D eigenvalue weighted by atomic mass is 79.9. The monoisotopic (exact) mass is 418 g/mol. The summed E-state index contributed by atoms with van der Waals surface area (Å²) in [4.78, 5) is 14.2. The number of nitrogens with zero attached hydrogens (tertiary/aromatic N) is 2. The first-order valence-electron chi connectivity index (χ1n) is 8.09. The zero-order valence-electron chi connectivity index (χ0n) is 14.0. The van der Waals surface area contributed by atoms with Crippen LogP contribution in [0, 0.1) is 0 Å². The van der Waals surface area contributed by atoms with E-state index in [4.69, 9.17) is 4.74 Å². The second kappa shape index (κ2) is 8.42. The zero-order chi connectivity index (χ0) is 17.7. The Kier molecular flexibility index (Phi) is 6.79. The molecule has 0 unspecified atom stereocenters. The Balaban J connectivity index is 2.24. The van der Waals surface area contributed by atoms with Crippen LogP contribution in [-0.4, -0.2) is 62.9 Å². The number of rotatable bonds is 5. The van der Waals surface area contributed by atoms with Gasteiger partial charge in [-0.3, -0.25) is 0 Å². The van der Waals surface area contributed by atoms with Gasteiger partial charge in [0.2, 0.25) is 10.0 Å². The van der Waals surface area contributed by atoms with Crippen LogP contribution in [0.15, 0.2) is 27.6 Å². The Morgan fingerprint density at radius 3 is 2.58 bits per heavy atom. The highest BCUT2D eigenvalue weighted by molar-refractivity contribution is 9.10. The fraction of sp³-hybridized carbons (Fsp3) is 0.562. The fourth-order valence-electron chi connectivity index (χ4n) is 2.69. The summed E-state index contributed by atoms with van der Waals surface area (Å²) in [5.41, 5.74) is 0.329. The molecule has 0 aliphatic carbocycles. The van der Waals surface area contributed by atoms with E-state index in [-0.39, 0.29) is 11.5 Å². The molecule has 6 nitrogen and oxygen atoms in total. The topological polar surface area (TPSA) is 66.9 Å². The number of carbonyl (C=O) groups excluding carboxylic acids is 1. The van der Waals surface area contributed by atoms with Crippen molar-refractivity contribution < 1.29 is 17.9 Å².